The van der Waals surface area contributed by atoms with Gasteiger partial charge in [-0.05, 0) is 112 Å². The number of rotatable bonds is 10. The van der Waals surface area contributed by atoms with E-state index in [0.29, 0.717) is 49.1 Å². The van der Waals surface area contributed by atoms with Crippen LogP contribution in [0.25, 0.3) is 0 Å². The molecule has 0 unspecified atom stereocenters. The lowest BCUT2D eigenvalue weighted by molar-refractivity contribution is -0.143. The van der Waals surface area contributed by atoms with Gasteiger partial charge in [-0.1, -0.05) is 86.3 Å². The molecule has 8 aliphatic rings. The second kappa shape index (κ2) is 17.3. The fourth-order valence-electron chi connectivity index (χ4n) is 9.80. The minimum absolute atomic E-state index is 0. The molecule has 0 radical (unpaired) electrons. The van der Waals surface area contributed by atoms with Gasteiger partial charge in [-0.15, -0.1) is 24.8 Å². The SMILES string of the molecule is Cl.Cl.O[C@@](CO[C@@H]1CN2CCC1CC2)(c1ccccc1)C1CCCC1.O[C@](CO[C@H]1CN2CCC1CC2)(c1ccccc1)C1CCCC1. The summed E-state index contributed by atoms with van der Waals surface area (Å²) in [5.41, 5.74) is 0.439. The monoisotopic (exact) mass is 702 g/mol. The van der Waals surface area contributed by atoms with Gasteiger partial charge in [-0.3, -0.25) is 0 Å². The van der Waals surface area contributed by atoms with Gasteiger partial charge < -0.3 is 29.5 Å². The van der Waals surface area contributed by atoms with E-state index in [4.69, 9.17) is 9.47 Å². The van der Waals surface area contributed by atoms with Crippen LogP contribution in [0.15, 0.2) is 60.7 Å². The molecule has 2 aliphatic carbocycles. The highest BCUT2D eigenvalue weighted by Gasteiger charge is 2.44. The lowest BCUT2D eigenvalue weighted by atomic mass is 9.80. The smallest absolute Gasteiger partial charge is 0.116 e. The van der Waals surface area contributed by atoms with E-state index in [1.165, 1.54) is 77.5 Å². The van der Waals surface area contributed by atoms with Crippen LogP contribution in [0.5, 0.6) is 0 Å². The van der Waals surface area contributed by atoms with E-state index in [1.54, 1.807) is 0 Å². The molecule has 0 spiro atoms. The third-order valence-corrected chi connectivity index (χ3v) is 12.8. The van der Waals surface area contributed by atoms with Crippen molar-refractivity contribution in [3.05, 3.63) is 71.8 Å². The molecule has 6 heterocycles. The Balaban J connectivity index is 0.000000180. The van der Waals surface area contributed by atoms with Crippen molar-refractivity contribution in [2.75, 3.05) is 52.5 Å². The summed E-state index contributed by atoms with van der Waals surface area (Å²) in [5, 5.41) is 23.1. The van der Waals surface area contributed by atoms with Crippen molar-refractivity contribution >= 4 is 24.8 Å². The van der Waals surface area contributed by atoms with E-state index >= 15 is 0 Å². The molecule has 8 fully saturated rings. The Morgan fingerprint density at radius 1 is 0.521 bits per heavy atom. The number of hydrogen-bond acceptors (Lipinski definition) is 6. The molecule has 6 saturated heterocycles. The van der Waals surface area contributed by atoms with Gasteiger partial charge in [0.05, 0.1) is 25.4 Å². The minimum atomic E-state index is -0.816. The standard InChI is InChI=1S/2C20H29NO2.2ClH/c2*22-20(18-8-4-5-9-18,17-6-2-1-3-7-17)15-23-19-14-21-12-10-16(19)11-13-21;;/h2*1-3,6-7,16,18-19,22H,4-5,8-15H2;2*1H/t2*19-,20+;;/m10../s1. The van der Waals surface area contributed by atoms with Crippen molar-refractivity contribution < 1.29 is 19.7 Å². The molecule has 6 nitrogen and oxygen atoms in total. The lowest BCUT2D eigenvalue weighted by Crippen LogP contribution is -2.53. The Hall–Kier alpha value is -1.22. The first kappa shape index (κ1) is 38.0. The lowest BCUT2D eigenvalue weighted by Gasteiger charge is -2.46. The van der Waals surface area contributed by atoms with Crippen molar-refractivity contribution in [2.45, 2.75) is 100 Å². The maximum absolute atomic E-state index is 11.5. The number of piperidine rings is 6. The van der Waals surface area contributed by atoms with Gasteiger partial charge in [0.2, 0.25) is 0 Å². The van der Waals surface area contributed by atoms with Crippen molar-refractivity contribution in [2.24, 2.45) is 23.7 Å². The fraction of sp³-hybridized carbons (Fsp3) is 0.700. The molecule has 2 aromatic rings. The van der Waals surface area contributed by atoms with Gasteiger partial charge in [-0.25, -0.2) is 0 Å². The summed E-state index contributed by atoms with van der Waals surface area (Å²) in [5.74, 6) is 2.07. The van der Waals surface area contributed by atoms with E-state index in [2.05, 4.69) is 34.1 Å². The fourth-order valence-corrected chi connectivity index (χ4v) is 9.80. The number of halogens is 2. The van der Waals surface area contributed by atoms with E-state index in [0.717, 1.165) is 49.9 Å². The van der Waals surface area contributed by atoms with E-state index in [-0.39, 0.29) is 24.8 Å². The first-order chi connectivity index (χ1) is 22.5. The number of fused-ring (bicyclic) bond motifs is 6. The van der Waals surface area contributed by atoms with Crippen LogP contribution in [0.3, 0.4) is 0 Å². The summed E-state index contributed by atoms with van der Waals surface area (Å²) in [6, 6.07) is 20.4. The maximum Gasteiger partial charge on any atom is 0.116 e. The Kier molecular flexibility index (Phi) is 13.7. The predicted molar refractivity (Wildman–Crippen MR) is 197 cm³/mol. The summed E-state index contributed by atoms with van der Waals surface area (Å²) < 4.78 is 12.7. The molecule has 48 heavy (non-hydrogen) atoms. The number of ether oxygens (including phenoxy) is 2. The summed E-state index contributed by atoms with van der Waals surface area (Å²) in [6.07, 6.45) is 15.1. The molecule has 2 N–H and O–H groups in total. The molecule has 268 valence electrons. The average Bonchev–Trinajstić information content (AvgIpc) is 3.89. The first-order valence-corrected chi connectivity index (χ1v) is 18.7. The van der Waals surface area contributed by atoms with Crippen LogP contribution < -0.4 is 0 Å². The molecule has 8 heteroatoms. The Bertz CT molecular complexity index is 1120. The molecular weight excluding hydrogens is 643 g/mol. The molecule has 4 atom stereocenters. The largest absolute Gasteiger partial charge is 0.382 e. The van der Waals surface area contributed by atoms with Crippen molar-refractivity contribution in [3.63, 3.8) is 0 Å². The second-order valence-electron chi connectivity index (χ2n) is 15.5. The van der Waals surface area contributed by atoms with Crippen LogP contribution >= 0.6 is 24.8 Å². The summed E-state index contributed by atoms with van der Waals surface area (Å²) >= 11 is 0. The second-order valence-corrected chi connectivity index (χ2v) is 15.5. The van der Waals surface area contributed by atoms with Crippen LogP contribution in [0, 0.1) is 23.7 Å². The van der Waals surface area contributed by atoms with Crippen LogP contribution in [-0.4, -0.2) is 84.7 Å². The highest BCUT2D eigenvalue weighted by molar-refractivity contribution is 5.85. The zero-order chi connectivity index (χ0) is 31.4. The molecule has 2 saturated carbocycles. The third-order valence-electron chi connectivity index (χ3n) is 12.8. The van der Waals surface area contributed by atoms with E-state index in [9.17, 15) is 10.2 Å². The predicted octanol–water partition coefficient (Wildman–Crippen LogP) is 7.19. The normalized spacial score (nSPS) is 32.3. The Morgan fingerprint density at radius 3 is 1.15 bits per heavy atom. The summed E-state index contributed by atoms with van der Waals surface area (Å²) in [4.78, 5) is 5.03. The zero-order valence-electron chi connectivity index (χ0n) is 28.8. The Morgan fingerprint density at radius 2 is 0.854 bits per heavy atom. The van der Waals surface area contributed by atoms with Crippen LogP contribution in [-0.2, 0) is 20.7 Å². The van der Waals surface area contributed by atoms with Crippen LogP contribution in [0.2, 0.25) is 0 Å². The van der Waals surface area contributed by atoms with Crippen LogP contribution in [0.1, 0.15) is 88.2 Å². The van der Waals surface area contributed by atoms with E-state index in [1.807, 2.05) is 36.4 Å². The topological polar surface area (TPSA) is 65.4 Å². The molecule has 0 amide bonds. The van der Waals surface area contributed by atoms with Gasteiger partial charge in [0, 0.05) is 13.1 Å². The Labute approximate surface area is 301 Å². The molecule has 0 aromatic heterocycles. The van der Waals surface area contributed by atoms with Crippen molar-refractivity contribution in [1.29, 1.82) is 0 Å². The van der Waals surface area contributed by atoms with Gasteiger partial charge in [-0.2, -0.15) is 0 Å². The van der Waals surface area contributed by atoms with Gasteiger partial charge >= 0.3 is 0 Å². The van der Waals surface area contributed by atoms with Crippen molar-refractivity contribution in [1.82, 2.24) is 9.80 Å². The van der Waals surface area contributed by atoms with Gasteiger partial charge in [0.15, 0.2) is 0 Å². The molecule has 4 bridgehead atoms. The van der Waals surface area contributed by atoms with E-state index < -0.39 is 11.2 Å². The molecular formula is C40H60Cl2N2O4. The third kappa shape index (κ3) is 8.45. The zero-order valence-corrected chi connectivity index (χ0v) is 30.4. The summed E-state index contributed by atoms with van der Waals surface area (Å²) in [6.45, 7) is 7.95. The number of nitrogens with zero attached hydrogens (tertiary/aromatic N) is 2. The summed E-state index contributed by atoms with van der Waals surface area (Å²) in [7, 11) is 0. The number of aliphatic hydroxyl groups is 2. The molecule has 10 rings (SSSR count). The van der Waals surface area contributed by atoms with Gasteiger partial charge in [0.25, 0.3) is 0 Å². The van der Waals surface area contributed by atoms with Crippen molar-refractivity contribution in [3.8, 4) is 0 Å². The maximum atomic E-state index is 11.5. The minimum Gasteiger partial charge on any atom is -0.382 e. The molecule has 6 aliphatic heterocycles. The average molecular weight is 704 g/mol. The van der Waals surface area contributed by atoms with Gasteiger partial charge in [0.1, 0.15) is 11.2 Å². The molecule has 2 aromatic carbocycles. The first-order valence-electron chi connectivity index (χ1n) is 18.7. The highest BCUT2D eigenvalue weighted by Crippen LogP contribution is 2.43. The quantitative estimate of drug-likeness (QED) is 0.273. The number of benzene rings is 2. The highest BCUT2D eigenvalue weighted by atomic mass is 35.5. The number of hydrogen-bond donors (Lipinski definition) is 2. The van der Waals surface area contributed by atoms with Crippen LogP contribution in [0.4, 0.5) is 0 Å².